The van der Waals surface area contributed by atoms with Crippen LogP contribution in [0.15, 0.2) is 42.5 Å². The van der Waals surface area contributed by atoms with E-state index in [2.05, 4.69) is 24.3 Å². The lowest BCUT2D eigenvalue weighted by Gasteiger charge is -2.21. The normalized spacial score (nSPS) is 18.6. The van der Waals surface area contributed by atoms with E-state index in [1.807, 2.05) is 37.2 Å². The number of likely N-dealkylation sites (N-methyl/N-ethyl adjacent to an activating group) is 1. The minimum atomic E-state index is -0.281. The van der Waals surface area contributed by atoms with Crippen LogP contribution in [0.3, 0.4) is 0 Å². The van der Waals surface area contributed by atoms with Crippen LogP contribution in [-0.4, -0.2) is 50.8 Å². The largest absolute Gasteiger partial charge is 0.464 e. The van der Waals surface area contributed by atoms with Crippen molar-refractivity contribution in [1.82, 2.24) is 4.90 Å². The van der Waals surface area contributed by atoms with Gasteiger partial charge < -0.3 is 14.4 Å². The second-order valence-corrected chi connectivity index (χ2v) is 6.96. The monoisotopic (exact) mass is 341 g/mol. The number of ether oxygens (including phenoxy) is 2. The third kappa shape index (κ3) is 4.59. The summed E-state index contributed by atoms with van der Waals surface area (Å²) in [6.45, 7) is 1.94. The molecular weight excluding hydrogens is 314 g/mol. The highest BCUT2D eigenvalue weighted by atomic mass is 16.5. The van der Waals surface area contributed by atoms with Crippen LogP contribution in [0.5, 0.6) is 0 Å². The summed E-state index contributed by atoms with van der Waals surface area (Å²) in [5, 5.41) is 2.27. The van der Waals surface area contributed by atoms with Gasteiger partial charge in [0.25, 0.3) is 0 Å². The van der Waals surface area contributed by atoms with Gasteiger partial charge in [-0.15, -0.1) is 0 Å². The van der Waals surface area contributed by atoms with Crippen molar-refractivity contribution in [3.05, 3.63) is 48.0 Å². The van der Waals surface area contributed by atoms with Gasteiger partial charge in [-0.3, -0.25) is 4.79 Å². The number of hydrogen-bond acceptors (Lipinski definition) is 4. The second kappa shape index (κ2) is 8.45. The second-order valence-electron chi connectivity index (χ2n) is 6.96. The van der Waals surface area contributed by atoms with Crippen molar-refractivity contribution < 1.29 is 14.3 Å². The molecule has 4 heteroatoms. The maximum Gasteiger partial charge on any atom is 0.313 e. The Morgan fingerprint density at radius 2 is 2.04 bits per heavy atom. The Morgan fingerprint density at radius 1 is 1.24 bits per heavy atom. The van der Waals surface area contributed by atoms with Crippen molar-refractivity contribution in [3.63, 3.8) is 0 Å². The Hall–Kier alpha value is -1.91. The molecule has 2 unspecified atom stereocenters. The molecule has 0 amide bonds. The van der Waals surface area contributed by atoms with Crippen molar-refractivity contribution >= 4 is 16.7 Å². The number of carbonyl (C=O) groups excluding carboxylic acids is 1. The minimum Gasteiger partial charge on any atom is -0.464 e. The predicted octanol–water partition coefficient (Wildman–Crippen LogP) is 3.60. The predicted molar refractivity (Wildman–Crippen MR) is 99.8 cm³/mol. The first-order valence-corrected chi connectivity index (χ1v) is 9.06. The molecule has 0 radical (unpaired) electrons. The van der Waals surface area contributed by atoms with E-state index >= 15 is 0 Å². The molecule has 1 heterocycles. The molecule has 0 saturated carbocycles. The van der Waals surface area contributed by atoms with Crippen LogP contribution >= 0.6 is 0 Å². The molecule has 1 aliphatic heterocycles. The molecule has 1 aliphatic rings. The van der Waals surface area contributed by atoms with Crippen LogP contribution in [0.4, 0.5) is 0 Å². The first-order valence-electron chi connectivity index (χ1n) is 9.06. The first-order chi connectivity index (χ1) is 12.1. The van der Waals surface area contributed by atoms with Crippen LogP contribution in [-0.2, 0) is 14.3 Å². The number of benzene rings is 2. The van der Waals surface area contributed by atoms with Gasteiger partial charge in [-0.1, -0.05) is 42.5 Å². The van der Waals surface area contributed by atoms with E-state index in [4.69, 9.17) is 9.47 Å². The molecule has 1 saturated heterocycles. The van der Waals surface area contributed by atoms with E-state index < -0.39 is 0 Å². The van der Waals surface area contributed by atoms with Crippen LogP contribution in [0, 0.1) is 0 Å². The Balaban J connectivity index is 1.85. The number of nitrogens with zero attached hydrogens (tertiary/aromatic N) is 1. The molecule has 1 fully saturated rings. The maximum atomic E-state index is 12.9. The van der Waals surface area contributed by atoms with Crippen LogP contribution < -0.4 is 0 Å². The highest BCUT2D eigenvalue weighted by Crippen LogP contribution is 2.32. The van der Waals surface area contributed by atoms with Crippen molar-refractivity contribution in [1.29, 1.82) is 0 Å². The van der Waals surface area contributed by atoms with E-state index in [0.29, 0.717) is 13.0 Å². The average Bonchev–Trinajstić information content (AvgIpc) is 3.12. The zero-order valence-electron chi connectivity index (χ0n) is 15.1. The summed E-state index contributed by atoms with van der Waals surface area (Å²) in [6, 6.07) is 14.4. The van der Waals surface area contributed by atoms with Gasteiger partial charge in [-0.2, -0.15) is 0 Å². The summed E-state index contributed by atoms with van der Waals surface area (Å²) < 4.78 is 11.4. The van der Waals surface area contributed by atoms with Crippen LogP contribution in [0.25, 0.3) is 10.8 Å². The van der Waals surface area contributed by atoms with Gasteiger partial charge in [0, 0.05) is 13.2 Å². The van der Waals surface area contributed by atoms with Gasteiger partial charge in [0.15, 0.2) is 0 Å². The minimum absolute atomic E-state index is 0.144. The van der Waals surface area contributed by atoms with Gasteiger partial charge in [0.05, 0.1) is 12.0 Å². The maximum absolute atomic E-state index is 12.9. The Morgan fingerprint density at radius 3 is 2.80 bits per heavy atom. The number of rotatable bonds is 7. The summed E-state index contributed by atoms with van der Waals surface area (Å²) in [7, 11) is 3.95. The number of hydrogen-bond donors (Lipinski definition) is 0. The molecule has 2 aromatic carbocycles. The van der Waals surface area contributed by atoms with E-state index in [1.165, 1.54) is 0 Å². The molecule has 0 N–H and O–H groups in total. The first kappa shape index (κ1) is 17.9. The van der Waals surface area contributed by atoms with E-state index in [-0.39, 0.29) is 18.0 Å². The molecule has 25 heavy (non-hydrogen) atoms. The topological polar surface area (TPSA) is 38.8 Å². The van der Waals surface area contributed by atoms with E-state index in [9.17, 15) is 4.79 Å². The van der Waals surface area contributed by atoms with Gasteiger partial charge in [0.1, 0.15) is 6.61 Å². The van der Waals surface area contributed by atoms with Crippen LogP contribution in [0.1, 0.15) is 30.7 Å². The van der Waals surface area contributed by atoms with Crippen molar-refractivity contribution in [2.75, 3.05) is 33.9 Å². The fraction of sp³-hybridized carbons (Fsp3) is 0.476. The van der Waals surface area contributed by atoms with Gasteiger partial charge in [0.2, 0.25) is 0 Å². The number of fused-ring (bicyclic) bond motifs is 1. The highest BCUT2D eigenvalue weighted by molar-refractivity contribution is 5.91. The smallest absolute Gasteiger partial charge is 0.313 e. The van der Waals surface area contributed by atoms with E-state index in [0.717, 1.165) is 42.3 Å². The molecule has 3 rings (SSSR count). The zero-order valence-corrected chi connectivity index (χ0v) is 15.1. The molecule has 2 atom stereocenters. The Labute approximate surface area is 149 Å². The lowest BCUT2D eigenvalue weighted by atomic mass is 9.88. The van der Waals surface area contributed by atoms with Crippen molar-refractivity contribution in [2.45, 2.75) is 31.3 Å². The standard InChI is InChI=1S/C21H27NO3/c1-22(2)12-14-25-21(23)20(15-17-9-6-13-24-17)19-11-5-8-16-7-3-4-10-18(16)19/h3-5,7-8,10-11,17,20H,6,9,12-15H2,1-2H3. The van der Waals surface area contributed by atoms with Gasteiger partial charge in [-0.05, 0) is 49.7 Å². The zero-order chi connectivity index (χ0) is 17.6. The fourth-order valence-electron chi connectivity index (χ4n) is 3.43. The van der Waals surface area contributed by atoms with Crippen LogP contribution in [0.2, 0.25) is 0 Å². The lowest BCUT2D eigenvalue weighted by Crippen LogP contribution is -2.25. The SMILES string of the molecule is CN(C)CCOC(=O)C(CC1CCCO1)c1cccc2ccccc12. The summed E-state index contributed by atoms with van der Waals surface area (Å²) in [5.41, 5.74) is 1.04. The number of esters is 1. The third-order valence-corrected chi connectivity index (χ3v) is 4.79. The Kier molecular flexibility index (Phi) is 6.05. The molecular formula is C21H27NO3. The van der Waals surface area contributed by atoms with Gasteiger partial charge >= 0.3 is 5.97 Å². The molecule has 2 aromatic rings. The summed E-state index contributed by atoms with van der Waals surface area (Å²) in [6.07, 6.45) is 2.93. The average molecular weight is 341 g/mol. The van der Waals surface area contributed by atoms with Crippen molar-refractivity contribution in [2.24, 2.45) is 0 Å². The Bertz CT molecular complexity index is 702. The summed E-state index contributed by atoms with van der Waals surface area (Å²) in [5.74, 6) is -0.426. The van der Waals surface area contributed by atoms with Gasteiger partial charge in [-0.25, -0.2) is 0 Å². The molecule has 134 valence electrons. The number of carbonyl (C=O) groups is 1. The molecule has 4 nitrogen and oxygen atoms in total. The fourth-order valence-corrected chi connectivity index (χ4v) is 3.43. The quantitative estimate of drug-likeness (QED) is 0.721. The molecule has 0 aromatic heterocycles. The van der Waals surface area contributed by atoms with Crippen molar-refractivity contribution in [3.8, 4) is 0 Å². The summed E-state index contributed by atoms with van der Waals surface area (Å²) in [4.78, 5) is 14.9. The molecule has 0 aliphatic carbocycles. The molecule has 0 bridgehead atoms. The van der Waals surface area contributed by atoms with E-state index in [1.54, 1.807) is 0 Å². The highest BCUT2D eigenvalue weighted by Gasteiger charge is 2.29. The lowest BCUT2D eigenvalue weighted by molar-refractivity contribution is -0.146. The summed E-state index contributed by atoms with van der Waals surface area (Å²) >= 11 is 0. The molecule has 0 spiro atoms. The third-order valence-electron chi connectivity index (χ3n) is 4.79.